The van der Waals surface area contributed by atoms with Crippen molar-refractivity contribution in [2.24, 2.45) is 0 Å². The van der Waals surface area contributed by atoms with E-state index < -0.39 is 10.0 Å². The minimum absolute atomic E-state index is 0.109. The van der Waals surface area contributed by atoms with E-state index in [1.54, 1.807) is 12.1 Å². The van der Waals surface area contributed by atoms with Gasteiger partial charge in [-0.1, -0.05) is 23.4 Å². The first-order valence-electron chi connectivity index (χ1n) is 5.95. The summed E-state index contributed by atoms with van der Waals surface area (Å²) in [7, 11) is -3.27. The van der Waals surface area contributed by atoms with Crippen LogP contribution in [0, 0.1) is 11.8 Å². The highest BCUT2D eigenvalue weighted by Crippen LogP contribution is 2.16. The maximum absolute atomic E-state index is 11.8. The lowest BCUT2D eigenvalue weighted by molar-refractivity contribution is 0.0954. The number of nitrogens with one attached hydrogen (secondary N) is 2. The van der Waals surface area contributed by atoms with Crippen molar-refractivity contribution >= 4 is 27.5 Å². The van der Waals surface area contributed by atoms with Gasteiger partial charge in [-0.2, -0.15) is 0 Å². The van der Waals surface area contributed by atoms with E-state index in [4.69, 9.17) is 16.7 Å². The fraction of sp³-hybridized carbons (Fsp3) is 0.308. The maximum atomic E-state index is 11.8. The summed E-state index contributed by atoms with van der Waals surface area (Å²) in [5, 5.41) is 11.5. The highest BCUT2D eigenvalue weighted by Gasteiger charge is 2.08. The fourth-order valence-corrected chi connectivity index (χ4v) is 2.11. The summed E-state index contributed by atoms with van der Waals surface area (Å²) in [6, 6.07) is 4.59. The summed E-state index contributed by atoms with van der Waals surface area (Å²) in [6.45, 7) is -0.000140. The quantitative estimate of drug-likeness (QED) is 0.521. The molecule has 1 rings (SSSR count). The first kappa shape index (κ1) is 17.5. The number of hydrogen-bond donors (Lipinski definition) is 3. The number of sulfonamides is 1. The summed E-state index contributed by atoms with van der Waals surface area (Å²) < 4.78 is 23.9. The minimum Gasteiger partial charge on any atom is -0.384 e. The van der Waals surface area contributed by atoms with Gasteiger partial charge in [0.2, 0.25) is 10.0 Å². The van der Waals surface area contributed by atoms with Gasteiger partial charge in [0.05, 0.1) is 11.3 Å². The summed E-state index contributed by atoms with van der Waals surface area (Å²) >= 11 is 5.97. The molecule has 0 bridgehead atoms. The predicted molar refractivity (Wildman–Crippen MR) is 80.6 cm³/mol. The molecule has 0 heterocycles. The number of hydrogen-bond acceptors (Lipinski definition) is 4. The van der Waals surface area contributed by atoms with Crippen LogP contribution in [-0.4, -0.2) is 45.4 Å². The molecule has 0 saturated heterocycles. The van der Waals surface area contributed by atoms with Gasteiger partial charge in [-0.3, -0.25) is 4.79 Å². The number of carbonyl (C=O) groups is 1. The molecule has 0 aliphatic rings. The average molecular weight is 331 g/mol. The number of rotatable bonds is 5. The Labute approximate surface area is 128 Å². The standard InChI is InChI=1S/C13H15ClN2O4S/c1-21(19,20)16-7-6-15-13(18)11-5-4-10(3-2-8-17)12(14)9-11/h4-5,9,16-17H,6-8H2,1H3,(H,15,18). The third-order valence-electron chi connectivity index (χ3n) is 2.31. The van der Waals surface area contributed by atoms with Crippen LogP contribution in [0.3, 0.4) is 0 Å². The molecule has 1 aromatic carbocycles. The highest BCUT2D eigenvalue weighted by molar-refractivity contribution is 7.88. The van der Waals surface area contributed by atoms with Crippen LogP contribution >= 0.6 is 11.6 Å². The first-order chi connectivity index (χ1) is 9.83. The maximum Gasteiger partial charge on any atom is 0.251 e. The van der Waals surface area contributed by atoms with Crippen molar-refractivity contribution in [2.75, 3.05) is 26.0 Å². The number of aliphatic hydroxyl groups is 1. The first-order valence-corrected chi connectivity index (χ1v) is 8.22. The number of halogens is 1. The molecule has 0 aromatic heterocycles. The van der Waals surface area contributed by atoms with E-state index in [-0.39, 0.29) is 25.6 Å². The van der Waals surface area contributed by atoms with Crippen molar-refractivity contribution in [1.29, 1.82) is 0 Å². The number of carbonyl (C=O) groups excluding carboxylic acids is 1. The molecule has 8 heteroatoms. The van der Waals surface area contributed by atoms with E-state index >= 15 is 0 Å². The molecule has 0 spiro atoms. The molecule has 1 amide bonds. The Balaban J connectivity index is 2.61. The Bertz CT molecular complexity index is 677. The normalized spacial score (nSPS) is 10.6. The Morgan fingerprint density at radius 3 is 2.67 bits per heavy atom. The largest absolute Gasteiger partial charge is 0.384 e. The van der Waals surface area contributed by atoms with Gasteiger partial charge >= 0.3 is 0 Å². The van der Waals surface area contributed by atoms with Crippen LogP contribution in [0.25, 0.3) is 0 Å². The van der Waals surface area contributed by atoms with Crippen LogP contribution in [-0.2, 0) is 10.0 Å². The zero-order valence-electron chi connectivity index (χ0n) is 11.3. The van der Waals surface area contributed by atoms with E-state index in [2.05, 4.69) is 21.9 Å². The molecule has 3 N–H and O–H groups in total. The lowest BCUT2D eigenvalue weighted by Gasteiger charge is -2.06. The SMILES string of the molecule is CS(=O)(=O)NCCNC(=O)c1ccc(C#CCO)c(Cl)c1. The zero-order valence-corrected chi connectivity index (χ0v) is 12.9. The fourth-order valence-electron chi connectivity index (χ4n) is 1.41. The van der Waals surface area contributed by atoms with Crippen molar-refractivity contribution in [3.05, 3.63) is 34.3 Å². The topological polar surface area (TPSA) is 95.5 Å². The predicted octanol–water partition coefficient (Wildman–Crippen LogP) is -0.0372. The second-order valence-corrected chi connectivity index (χ2v) is 6.32. The smallest absolute Gasteiger partial charge is 0.251 e. The van der Waals surface area contributed by atoms with Gasteiger partial charge in [0.25, 0.3) is 5.91 Å². The molecule has 0 unspecified atom stereocenters. The van der Waals surface area contributed by atoms with Crippen LogP contribution < -0.4 is 10.0 Å². The molecular weight excluding hydrogens is 316 g/mol. The number of aliphatic hydroxyl groups excluding tert-OH is 1. The second kappa shape index (κ2) is 8.00. The molecular formula is C13H15ClN2O4S. The van der Waals surface area contributed by atoms with E-state index in [1.165, 1.54) is 6.07 Å². The van der Waals surface area contributed by atoms with E-state index in [0.29, 0.717) is 16.1 Å². The Hall–Kier alpha value is -1.59. The van der Waals surface area contributed by atoms with Crippen molar-refractivity contribution in [3.8, 4) is 11.8 Å². The molecule has 6 nitrogen and oxygen atoms in total. The lowest BCUT2D eigenvalue weighted by Crippen LogP contribution is -2.34. The summed E-state index contributed by atoms with van der Waals surface area (Å²) in [5.41, 5.74) is 0.856. The third-order valence-corrected chi connectivity index (χ3v) is 3.35. The molecule has 114 valence electrons. The number of benzene rings is 1. The Morgan fingerprint density at radius 2 is 2.10 bits per heavy atom. The Morgan fingerprint density at radius 1 is 1.38 bits per heavy atom. The van der Waals surface area contributed by atoms with E-state index in [0.717, 1.165) is 6.26 Å². The van der Waals surface area contributed by atoms with Crippen LogP contribution in [0.5, 0.6) is 0 Å². The van der Waals surface area contributed by atoms with Crippen molar-refractivity contribution < 1.29 is 18.3 Å². The monoisotopic (exact) mass is 330 g/mol. The van der Waals surface area contributed by atoms with Crippen LogP contribution in [0.2, 0.25) is 5.02 Å². The van der Waals surface area contributed by atoms with E-state index in [1.807, 2.05) is 0 Å². The van der Waals surface area contributed by atoms with Gasteiger partial charge in [-0.15, -0.1) is 0 Å². The van der Waals surface area contributed by atoms with Crippen molar-refractivity contribution in [2.45, 2.75) is 0 Å². The molecule has 1 aromatic rings. The Kier molecular flexibility index (Phi) is 6.65. The molecule has 21 heavy (non-hydrogen) atoms. The average Bonchev–Trinajstić information content (AvgIpc) is 2.41. The van der Waals surface area contributed by atoms with Gasteiger partial charge in [0, 0.05) is 24.2 Å². The van der Waals surface area contributed by atoms with E-state index in [9.17, 15) is 13.2 Å². The third kappa shape index (κ3) is 6.60. The number of amides is 1. The van der Waals surface area contributed by atoms with Crippen LogP contribution in [0.15, 0.2) is 18.2 Å². The molecule has 0 saturated carbocycles. The van der Waals surface area contributed by atoms with Crippen LogP contribution in [0.4, 0.5) is 0 Å². The molecule has 0 atom stereocenters. The molecule has 0 aliphatic heterocycles. The van der Waals surface area contributed by atoms with Crippen molar-refractivity contribution in [1.82, 2.24) is 10.0 Å². The summed E-state index contributed by atoms with van der Waals surface area (Å²) in [4.78, 5) is 11.8. The highest BCUT2D eigenvalue weighted by atomic mass is 35.5. The van der Waals surface area contributed by atoms with Gasteiger partial charge in [-0.05, 0) is 18.2 Å². The zero-order chi connectivity index (χ0) is 15.9. The van der Waals surface area contributed by atoms with Gasteiger partial charge in [0.15, 0.2) is 0 Å². The summed E-state index contributed by atoms with van der Waals surface area (Å²) in [5.74, 6) is 4.76. The van der Waals surface area contributed by atoms with Crippen LogP contribution in [0.1, 0.15) is 15.9 Å². The van der Waals surface area contributed by atoms with Gasteiger partial charge in [-0.25, -0.2) is 13.1 Å². The lowest BCUT2D eigenvalue weighted by atomic mass is 10.1. The molecule has 0 radical (unpaired) electrons. The second-order valence-electron chi connectivity index (χ2n) is 4.08. The van der Waals surface area contributed by atoms with Crippen molar-refractivity contribution in [3.63, 3.8) is 0 Å². The molecule has 0 fully saturated rings. The summed E-state index contributed by atoms with van der Waals surface area (Å²) in [6.07, 6.45) is 1.04. The van der Waals surface area contributed by atoms with Gasteiger partial charge in [0.1, 0.15) is 6.61 Å². The minimum atomic E-state index is -3.27. The molecule has 0 aliphatic carbocycles. The van der Waals surface area contributed by atoms with Gasteiger partial charge < -0.3 is 10.4 Å².